The Bertz CT molecular complexity index is 1200. The molecule has 0 N–H and O–H groups in total. The van der Waals surface area contributed by atoms with Gasteiger partial charge in [-0.3, -0.25) is 0 Å². The smallest absolute Gasteiger partial charge is 0.229 e. The lowest BCUT2D eigenvalue weighted by Gasteiger charge is -2.18. The monoisotopic (exact) mass is 455 g/mol. The van der Waals surface area contributed by atoms with Crippen LogP contribution >= 0.6 is 34.7 Å². The summed E-state index contributed by atoms with van der Waals surface area (Å²) in [6, 6.07) is 18.3. The highest BCUT2D eigenvalue weighted by Gasteiger charge is 2.28. The summed E-state index contributed by atoms with van der Waals surface area (Å²) in [5, 5.41) is 11.6. The molecule has 5 rings (SSSR count). The SMILES string of the molecule is CCn1c(SC(C2=COCO2)c2ccccc2Cl)nnc1-c1cc2ccccc2s1. The van der Waals surface area contributed by atoms with Gasteiger partial charge in [0.05, 0.1) is 10.1 Å². The van der Waals surface area contributed by atoms with Crippen molar-refractivity contribution in [2.45, 2.75) is 23.9 Å². The van der Waals surface area contributed by atoms with Gasteiger partial charge >= 0.3 is 0 Å². The van der Waals surface area contributed by atoms with Crippen LogP contribution in [0, 0.1) is 0 Å². The summed E-state index contributed by atoms with van der Waals surface area (Å²) in [5.74, 6) is 1.60. The van der Waals surface area contributed by atoms with Crippen LogP contribution < -0.4 is 0 Å². The number of hydrogen-bond donors (Lipinski definition) is 0. The lowest BCUT2D eigenvalue weighted by Crippen LogP contribution is -2.04. The van der Waals surface area contributed by atoms with Gasteiger partial charge < -0.3 is 14.0 Å². The molecular formula is C22H18ClN3O2S2. The third-order valence-corrected chi connectivity index (χ3v) is 7.53. The summed E-state index contributed by atoms with van der Waals surface area (Å²) in [5.41, 5.74) is 0.954. The largest absolute Gasteiger partial charge is 0.462 e. The zero-order chi connectivity index (χ0) is 20.5. The Morgan fingerprint density at radius 3 is 2.77 bits per heavy atom. The first kappa shape index (κ1) is 19.5. The topological polar surface area (TPSA) is 49.2 Å². The molecular weight excluding hydrogens is 438 g/mol. The van der Waals surface area contributed by atoms with Gasteiger partial charge in [-0.1, -0.05) is 59.8 Å². The van der Waals surface area contributed by atoms with Crippen molar-refractivity contribution in [3.8, 4) is 10.7 Å². The Morgan fingerprint density at radius 2 is 2.00 bits per heavy atom. The zero-order valence-corrected chi connectivity index (χ0v) is 18.5. The Hall–Kier alpha value is -2.48. The molecule has 0 bridgehead atoms. The molecule has 30 heavy (non-hydrogen) atoms. The van der Waals surface area contributed by atoms with Crippen LogP contribution in [-0.2, 0) is 16.0 Å². The molecule has 8 heteroatoms. The number of benzene rings is 2. The van der Waals surface area contributed by atoms with Crippen LogP contribution in [0.25, 0.3) is 20.8 Å². The fraction of sp³-hybridized carbons (Fsp3) is 0.182. The number of ether oxygens (including phenoxy) is 2. The van der Waals surface area contributed by atoms with Crippen molar-refractivity contribution < 1.29 is 9.47 Å². The molecule has 0 saturated heterocycles. The molecule has 0 amide bonds. The van der Waals surface area contributed by atoms with E-state index in [9.17, 15) is 0 Å². The minimum Gasteiger partial charge on any atom is -0.462 e. The van der Waals surface area contributed by atoms with Crippen LogP contribution in [0.2, 0.25) is 5.02 Å². The van der Waals surface area contributed by atoms with E-state index in [0.29, 0.717) is 5.02 Å². The van der Waals surface area contributed by atoms with Crippen molar-refractivity contribution in [3.63, 3.8) is 0 Å². The zero-order valence-electron chi connectivity index (χ0n) is 16.1. The van der Waals surface area contributed by atoms with Crippen LogP contribution in [0.15, 0.2) is 71.8 Å². The van der Waals surface area contributed by atoms with Crippen LogP contribution in [0.4, 0.5) is 0 Å². The summed E-state index contributed by atoms with van der Waals surface area (Å²) in [6.07, 6.45) is 1.65. The van der Waals surface area contributed by atoms with Crippen LogP contribution in [0.1, 0.15) is 17.7 Å². The second-order valence-corrected chi connectivity index (χ2v) is 9.23. The van der Waals surface area contributed by atoms with Crippen molar-refractivity contribution in [3.05, 3.63) is 77.2 Å². The van der Waals surface area contributed by atoms with E-state index < -0.39 is 0 Å². The number of nitrogens with zero attached hydrogens (tertiary/aromatic N) is 3. The first-order valence-corrected chi connectivity index (χ1v) is 11.6. The molecule has 4 aromatic rings. The molecule has 1 aliphatic rings. The van der Waals surface area contributed by atoms with Crippen LogP contribution in [0.5, 0.6) is 0 Å². The van der Waals surface area contributed by atoms with Gasteiger partial charge in [0.15, 0.2) is 16.7 Å². The van der Waals surface area contributed by atoms with E-state index in [2.05, 4.69) is 52.0 Å². The summed E-state index contributed by atoms with van der Waals surface area (Å²) in [4.78, 5) is 1.10. The molecule has 0 aliphatic carbocycles. The summed E-state index contributed by atoms with van der Waals surface area (Å²) < 4.78 is 14.4. The minimum atomic E-state index is -0.175. The van der Waals surface area contributed by atoms with E-state index in [1.54, 1.807) is 29.4 Å². The highest BCUT2D eigenvalue weighted by atomic mass is 35.5. The molecule has 0 spiro atoms. The lowest BCUT2D eigenvalue weighted by atomic mass is 10.1. The average molecular weight is 456 g/mol. The van der Waals surface area contributed by atoms with Crippen molar-refractivity contribution >= 4 is 44.8 Å². The molecule has 1 aliphatic heterocycles. The highest BCUT2D eigenvalue weighted by Crippen LogP contribution is 2.45. The molecule has 1 atom stereocenters. The second-order valence-electron chi connectivity index (χ2n) is 6.67. The van der Waals surface area contributed by atoms with E-state index in [0.717, 1.165) is 33.7 Å². The fourth-order valence-corrected chi connectivity index (χ4v) is 5.97. The Labute approximate surface area is 187 Å². The molecule has 5 nitrogen and oxygen atoms in total. The number of thiophene rings is 1. The van der Waals surface area contributed by atoms with Gasteiger partial charge in [0.2, 0.25) is 6.79 Å². The summed E-state index contributed by atoms with van der Waals surface area (Å²) in [6.45, 7) is 3.07. The molecule has 0 radical (unpaired) electrons. The van der Waals surface area contributed by atoms with E-state index in [4.69, 9.17) is 21.1 Å². The maximum absolute atomic E-state index is 6.51. The molecule has 0 fully saturated rings. The van der Waals surface area contributed by atoms with E-state index in [1.807, 2.05) is 24.3 Å². The number of aromatic nitrogens is 3. The van der Waals surface area contributed by atoms with Crippen LogP contribution in [0.3, 0.4) is 0 Å². The molecule has 2 aromatic carbocycles. The Balaban J connectivity index is 1.54. The highest BCUT2D eigenvalue weighted by molar-refractivity contribution is 7.99. The normalized spacial score (nSPS) is 14.4. The van der Waals surface area contributed by atoms with Crippen molar-refractivity contribution in [2.24, 2.45) is 0 Å². The van der Waals surface area contributed by atoms with Gasteiger partial charge in [0, 0.05) is 16.3 Å². The predicted octanol–water partition coefficient (Wildman–Crippen LogP) is 6.51. The van der Waals surface area contributed by atoms with Crippen molar-refractivity contribution in [2.75, 3.05) is 6.79 Å². The first-order valence-electron chi connectivity index (χ1n) is 9.52. The Morgan fingerprint density at radius 1 is 1.17 bits per heavy atom. The third kappa shape index (κ3) is 3.57. The number of rotatable bonds is 6. The number of hydrogen-bond acceptors (Lipinski definition) is 6. The third-order valence-electron chi connectivity index (χ3n) is 4.84. The van der Waals surface area contributed by atoms with Crippen LogP contribution in [-0.4, -0.2) is 21.6 Å². The number of thioether (sulfide) groups is 1. The molecule has 2 aromatic heterocycles. The second kappa shape index (κ2) is 8.34. The van der Waals surface area contributed by atoms with Gasteiger partial charge in [0.1, 0.15) is 6.26 Å². The fourth-order valence-electron chi connectivity index (χ4n) is 3.39. The lowest BCUT2D eigenvalue weighted by molar-refractivity contribution is 0.0787. The predicted molar refractivity (Wildman–Crippen MR) is 122 cm³/mol. The van der Waals surface area contributed by atoms with Gasteiger partial charge in [-0.15, -0.1) is 21.5 Å². The molecule has 1 unspecified atom stereocenters. The van der Waals surface area contributed by atoms with Gasteiger partial charge in [-0.2, -0.15) is 0 Å². The van der Waals surface area contributed by atoms with E-state index in [1.165, 1.54) is 10.1 Å². The first-order chi connectivity index (χ1) is 14.7. The molecule has 3 heterocycles. The maximum atomic E-state index is 6.51. The number of fused-ring (bicyclic) bond motifs is 1. The minimum absolute atomic E-state index is 0.175. The number of halogens is 1. The van der Waals surface area contributed by atoms with Crippen molar-refractivity contribution in [1.82, 2.24) is 14.8 Å². The molecule has 152 valence electrons. The standard InChI is InChI=1S/C22H18ClN3O2S2/c1-2-26-21(19-11-14-7-3-6-10-18(14)29-19)24-25-22(26)30-20(17-12-27-13-28-17)15-8-4-5-9-16(15)23/h3-12,20H,2,13H2,1H3. The van der Waals surface area contributed by atoms with E-state index >= 15 is 0 Å². The van der Waals surface area contributed by atoms with Gasteiger partial charge in [0.25, 0.3) is 0 Å². The average Bonchev–Trinajstić information content (AvgIpc) is 3.51. The quantitative estimate of drug-likeness (QED) is 0.310. The van der Waals surface area contributed by atoms with Gasteiger partial charge in [-0.25, -0.2) is 0 Å². The molecule has 0 saturated carbocycles. The van der Waals surface area contributed by atoms with Crippen molar-refractivity contribution in [1.29, 1.82) is 0 Å². The van der Waals surface area contributed by atoms with E-state index in [-0.39, 0.29) is 12.0 Å². The summed E-state index contributed by atoms with van der Waals surface area (Å²) in [7, 11) is 0. The maximum Gasteiger partial charge on any atom is 0.229 e. The Kier molecular flexibility index (Phi) is 5.41. The van der Waals surface area contributed by atoms with Gasteiger partial charge in [-0.05, 0) is 36.1 Å². The summed E-state index contributed by atoms with van der Waals surface area (Å²) >= 11 is 9.80.